The van der Waals surface area contributed by atoms with E-state index >= 15 is 0 Å². The normalized spacial score (nSPS) is 13.0. The van der Waals surface area contributed by atoms with Crippen LogP contribution in [0.15, 0.2) is 36.4 Å². The molecule has 2 aliphatic rings. The molecule has 4 rings (SSSR count). The van der Waals surface area contributed by atoms with Gasteiger partial charge in [-0.25, -0.2) is 12.2 Å². The van der Waals surface area contributed by atoms with Gasteiger partial charge in [0.2, 0.25) is 0 Å². The van der Waals surface area contributed by atoms with Gasteiger partial charge in [0.05, 0.1) is 0 Å². The number of allylic oxidation sites excluding steroid dienone is 4. The van der Waals surface area contributed by atoms with E-state index in [0.717, 1.165) is 24.7 Å². The van der Waals surface area contributed by atoms with Gasteiger partial charge >= 0.3 is 79.8 Å². The van der Waals surface area contributed by atoms with Crippen molar-refractivity contribution in [1.82, 2.24) is 0 Å². The predicted molar refractivity (Wildman–Crippen MR) is 166 cm³/mol. The van der Waals surface area contributed by atoms with Crippen LogP contribution in [0.1, 0.15) is 122 Å². The molecule has 2 aromatic carbocycles. The first kappa shape index (κ1) is 39.3. The fraction of sp³-hybridized carbons (Fsp3) is 0.541. The van der Waals surface area contributed by atoms with Crippen LogP contribution >= 0.6 is 0 Å². The van der Waals surface area contributed by atoms with Crippen LogP contribution in [0.5, 0.6) is 0 Å². The Bertz CT molecular complexity index is 1080. The van der Waals surface area contributed by atoms with Gasteiger partial charge in [-0.05, 0) is 35.4 Å². The Morgan fingerprint density at radius 2 is 1.35 bits per heavy atom. The molecule has 0 heterocycles. The predicted octanol–water partition coefficient (Wildman–Crippen LogP) is 4.38. The minimum atomic E-state index is 0. The summed E-state index contributed by atoms with van der Waals surface area (Å²) in [4.78, 5) is 0. The number of rotatable bonds is 4. The van der Waals surface area contributed by atoms with E-state index in [1.54, 1.807) is 27.4 Å². The number of hydrogen-bond donors (Lipinski definition) is 0. The fourth-order valence-corrected chi connectivity index (χ4v) is 7.44. The van der Waals surface area contributed by atoms with Gasteiger partial charge in [-0.15, -0.1) is 23.1 Å². The van der Waals surface area contributed by atoms with Crippen LogP contribution in [0.4, 0.5) is 0 Å². The number of halogens is 2. The molecule has 0 aromatic heterocycles. The molecule has 0 spiro atoms. The van der Waals surface area contributed by atoms with E-state index in [2.05, 4.69) is 120 Å². The molecular weight excluding hydrogens is 607 g/mol. The topological polar surface area (TPSA) is 0 Å². The van der Waals surface area contributed by atoms with Crippen molar-refractivity contribution in [2.75, 3.05) is 0 Å². The Morgan fingerprint density at radius 1 is 0.825 bits per heavy atom. The smallest absolute Gasteiger partial charge is 0.0129 e. The molecule has 0 aliphatic heterocycles. The second-order valence-electron chi connectivity index (χ2n) is 14.0. The van der Waals surface area contributed by atoms with Crippen molar-refractivity contribution in [3.63, 3.8) is 0 Å². The molecule has 0 bridgehead atoms. The van der Waals surface area contributed by atoms with Gasteiger partial charge in [0.25, 0.3) is 0 Å². The van der Waals surface area contributed by atoms with Gasteiger partial charge in [-0.3, -0.25) is 6.08 Å². The van der Waals surface area contributed by atoms with Gasteiger partial charge in [0.1, 0.15) is 0 Å². The monoisotopic (exact) mass is 656 g/mol. The van der Waals surface area contributed by atoms with Crippen LogP contribution < -0.4 is 24.8 Å². The maximum absolute atomic E-state index is 3.69. The van der Waals surface area contributed by atoms with Crippen LogP contribution in [0.3, 0.4) is 0 Å². The summed E-state index contributed by atoms with van der Waals surface area (Å²) in [5, 5.41) is 0. The molecule has 0 N–H and O–H groups in total. The maximum atomic E-state index is 3.69. The quantitative estimate of drug-likeness (QED) is 0.366. The average Bonchev–Trinajstić information content (AvgIpc) is 3.41. The summed E-state index contributed by atoms with van der Waals surface area (Å²) in [6.45, 7) is 27.4. The van der Waals surface area contributed by atoms with Crippen molar-refractivity contribution in [3.8, 4) is 11.1 Å². The molecule has 0 unspecified atom stereocenters. The maximum Gasteiger partial charge on any atom is -0.0129 e. The fourth-order valence-electron chi connectivity index (χ4n) is 5.43. The first-order chi connectivity index (χ1) is 17.5. The van der Waals surface area contributed by atoms with Crippen molar-refractivity contribution in [2.45, 2.75) is 120 Å². The summed E-state index contributed by atoms with van der Waals surface area (Å²) in [5.74, 6) is 1.71. The molecule has 0 nitrogen and oxygen atoms in total. The van der Waals surface area contributed by atoms with E-state index in [1.807, 2.05) is 12.2 Å². The second kappa shape index (κ2) is 16.8. The number of benzene rings is 2. The van der Waals surface area contributed by atoms with Crippen molar-refractivity contribution in [2.24, 2.45) is 11.8 Å². The Morgan fingerprint density at radius 3 is 1.75 bits per heavy atom. The summed E-state index contributed by atoms with van der Waals surface area (Å²) in [6.07, 6.45) is 13.7. The summed E-state index contributed by atoms with van der Waals surface area (Å²) in [7, 11) is 0. The molecule has 2 aliphatic carbocycles. The molecule has 0 radical (unpaired) electrons. The Kier molecular flexibility index (Phi) is 16.5. The zero-order chi connectivity index (χ0) is 28.8. The molecule has 40 heavy (non-hydrogen) atoms. The largest absolute Gasteiger partial charge is 1.00 e. The van der Waals surface area contributed by atoms with Crippen LogP contribution in [0.25, 0.3) is 11.1 Å². The van der Waals surface area contributed by atoms with Crippen LogP contribution in [0.2, 0.25) is 0 Å². The SMILES string of the molecule is CC(C)C[C](=[Zr+2])CC(C)C.Cc1[c-]c2c(cc1C(C)(C)C)-c1cc(C(C)(C)C)c(C)cc1C2.[C-]1=CC=CC1.[Cl-].[Cl-]. The third kappa shape index (κ3) is 11.9. The van der Waals surface area contributed by atoms with Crippen LogP contribution in [-0.2, 0) is 41.5 Å². The summed E-state index contributed by atoms with van der Waals surface area (Å²) in [5.41, 5.74) is 11.6. The van der Waals surface area contributed by atoms with E-state index in [-0.39, 0.29) is 35.6 Å². The second-order valence-corrected chi connectivity index (χ2v) is 15.7. The van der Waals surface area contributed by atoms with Gasteiger partial charge in [-0.2, -0.15) is 23.8 Å². The molecule has 0 amide bonds. The first-order valence-corrected chi connectivity index (χ1v) is 15.7. The standard InChI is InChI=1S/C23H29.C9H18.C5H5.2ClH.Zr/c1-14-9-16-11-17-10-15(2)21(23(6,7)8)13-19(17)18(16)12-20(14)22(3,4)5;1-8(2)6-5-7-9(3)4;1-2-4-5-3-1;;;/h9,12-13H,11H2,1-8H3;8-9H,6-7H2,1-4H3;1-3H,4H2;2*1H;/q-1;;-1;;;+2/p-2. The molecule has 0 saturated heterocycles. The molecule has 3 heteroatoms. The van der Waals surface area contributed by atoms with Gasteiger partial charge in [-0.1, -0.05) is 71.6 Å². The molecule has 220 valence electrons. The van der Waals surface area contributed by atoms with Crippen molar-refractivity contribution >= 4 is 3.21 Å². The zero-order valence-electron chi connectivity index (χ0n) is 27.2. The van der Waals surface area contributed by atoms with Crippen molar-refractivity contribution in [1.29, 1.82) is 0 Å². The van der Waals surface area contributed by atoms with Crippen molar-refractivity contribution < 1.29 is 49.0 Å². The average molecular weight is 659 g/mol. The summed E-state index contributed by atoms with van der Waals surface area (Å²) >= 11 is 1.65. The van der Waals surface area contributed by atoms with E-state index in [0.29, 0.717) is 0 Å². The molecular formula is C37H52Cl2Zr-2. The van der Waals surface area contributed by atoms with E-state index in [4.69, 9.17) is 0 Å². The van der Waals surface area contributed by atoms with E-state index < -0.39 is 0 Å². The first-order valence-electron chi connectivity index (χ1n) is 14.5. The minimum Gasteiger partial charge on any atom is -1.00 e. The molecule has 2 aromatic rings. The number of aryl methyl sites for hydroxylation is 2. The van der Waals surface area contributed by atoms with E-state index in [9.17, 15) is 0 Å². The summed E-state index contributed by atoms with van der Waals surface area (Å²) < 4.78 is 1.75. The van der Waals surface area contributed by atoms with Gasteiger partial charge in [0, 0.05) is 0 Å². The zero-order valence-corrected chi connectivity index (χ0v) is 31.2. The van der Waals surface area contributed by atoms with Crippen LogP contribution in [0, 0.1) is 37.8 Å². The third-order valence-corrected chi connectivity index (χ3v) is 7.98. The molecule has 0 atom stereocenters. The van der Waals surface area contributed by atoms with Crippen LogP contribution in [-0.4, -0.2) is 3.21 Å². The minimum absolute atomic E-state index is 0. The van der Waals surface area contributed by atoms with E-state index in [1.165, 1.54) is 57.3 Å². The van der Waals surface area contributed by atoms with Gasteiger partial charge in [0.15, 0.2) is 0 Å². The Hall–Kier alpha value is -0.747. The van der Waals surface area contributed by atoms with Gasteiger partial charge < -0.3 is 24.8 Å². The summed E-state index contributed by atoms with van der Waals surface area (Å²) in [6, 6.07) is 10.9. The molecule has 0 fully saturated rings. The molecule has 0 saturated carbocycles. The number of fused-ring (bicyclic) bond motifs is 3. The van der Waals surface area contributed by atoms with Crippen molar-refractivity contribution in [3.05, 3.63) is 82.0 Å². The Labute approximate surface area is 275 Å². The number of hydrogen-bond acceptors (Lipinski definition) is 0. The Balaban J connectivity index is 0.000000746. The third-order valence-electron chi connectivity index (χ3n) is 6.97.